The van der Waals surface area contributed by atoms with Gasteiger partial charge in [-0.3, -0.25) is 0 Å². The first-order valence-corrected chi connectivity index (χ1v) is 6.50. The van der Waals surface area contributed by atoms with E-state index in [1.807, 2.05) is 0 Å². The second-order valence-electron chi connectivity index (χ2n) is 4.95. The van der Waals surface area contributed by atoms with E-state index in [0.717, 1.165) is 39.1 Å². The number of nitrogens with zero attached hydrogens (tertiary/aromatic N) is 2. The van der Waals surface area contributed by atoms with Gasteiger partial charge >= 0.3 is 0 Å². The molecular weight excluding hydrogens is 234 g/mol. The number of hydrogen-bond acceptors (Lipinski definition) is 2. The summed E-state index contributed by atoms with van der Waals surface area (Å²) in [6, 6.07) is 4.07. The average Bonchev–Trinajstić information content (AvgIpc) is 2.35. The molecule has 1 aromatic rings. The Morgan fingerprint density at radius 1 is 1.06 bits per heavy atom. The van der Waals surface area contributed by atoms with Gasteiger partial charge < -0.3 is 9.80 Å². The lowest BCUT2D eigenvalue weighted by atomic mass is 10.1. The van der Waals surface area contributed by atoms with E-state index in [4.69, 9.17) is 0 Å². The molecule has 18 heavy (non-hydrogen) atoms. The molecule has 0 saturated carbocycles. The zero-order valence-corrected chi connectivity index (χ0v) is 10.8. The van der Waals surface area contributed by atoms with Crippen LogP contribution in [0.15, 0.2) is 18.2 Å². The molecule has 0 atom stereocenters. The van der Waals surface area contributed by atoms with Gasteiger partial charge in [0, 0.05) is 31.7 Å². The largest absolute Gasteiger partial charge is 0.304 e. The zero-order chi connectivity index (χ0) is 13.0. The molecule has 4 heteroatoms. The number of benzene rings is 1. The summed E-state index contributed by atoms with van der Waals surface area (Å²) in [5, 5.41) is 0. The number of halogens is 2. The third-order valence-corrected chi connectivity index (χ3v) is 3.56. The lowest BCUT2D eigenvalue weighted by molar-refractivity contribution is 0.153. The van der Waals surface area contributed by atoms with Crippen LogP contribution in [0.25, 0.3) is 0 Å². The van der Waals surface area contributed by atoms with Crippen LogP contribution in [0.1, 0.15) is 12.0 Å². The minimum absolute atomic E-state index is 0.228. The second-order valence-corrected chi connectivity index (χ2v) is 4.95. The first-order valence-electron chi connectivity index (χ1n) is 6.50. The molecule has 0 bridgehead atoms. The molecule has 0 aliphatic carbocycles. The summed E-state index contributed by atoms with van der Waals surface area (Å²) in [4.78, 5) is 4.66. The van der Waals surface area contributed by atoms with E-state index in [1.54, 1.807) is 0 Å². The fraction of sp³-hybridized carbons (Fsp3) is 0.571. The summed E-state index contributed by atoms with van der Waals surface area (Å²) in [6.45, 7) is 5.18. The van der Waals surface area contributed by atoms with Gasteiger partial charge in [0.2, 0.25) is 0 Å². The van der Waals surface area contributed by atoms with Crippen molar-refractivity contribution in [2.24, 2.45) is 0 Å². The van der Waals surface area contributed by atoms with E-state index >= 15 is 0 Å². The van der Waals surface area contributed by atoms with E-state index in [-0.39, 0.29) is 5.56 Å². The Morgan fingerprint density at radius 3 is 2.28 bits per heavy atom. The Bertz CT molecular complexity index is 367. The minimum atomic E-state index is -0.423. The predicted octanol–water partition coefficient (Wildman–Crippen LogP) is 2.14. The Kier molecular flexibility index (Phi) is 4.66. The molecule has 0 spiro atoms. The second kappa shape index (κ2) is 6.25. The smallest absolute Gasteiger partial charge is 0.129 e. The lowest BCUT2D eigenvalue weighted by Gasteiger charge is -2.32. The topological polar surface area (TPSA) is 6.48 Å². The lowest BCUT2D eigenvalue weighted by Crippen LogP contribution is -2.44. The van der Waals surface area contributed by atoms with Gasteiger partial charge in [-0.2, -0.15) is 0 Å². The van der Waals surface area contributed by atoms with Crippen LogP contribution in [0.5, 0.6) is 0 Å². The van der Waals surface area contributed by atoms with E-state index < -0.39 is 11.6 Å². The maximum absolute atomic E-state index is 13.4. The number of hydrogen-bond donors (Lipinski definition) is 0. The highest BCUT2D eigenvalue weighted by Gasteiger charge is 2.14. The molecule has 1 fully saturated rings. The van der Waals surface area contributed by atoms with Gasteiger partial charge in [0.1, 0.15) is 11.6 Å². The summed E-state index contributed by atoms with van der Waals surface area (Å²) in [6.07, 6.45) is 1.28. The number of rotatable bonds is 4. The summed E-state index contributed by atoms with van der Waals surface area (Å²) in [7, 11) is 2.12. The Balaban J connectivity index is 1.78. The molecule has 0 radical (unpaired) electrons. The molecule has 2 nitrogen and oxygen atoms in total. The van der Waals surface area contributed by atoms with Crippen molar-refractivity contribution in [2.45, 2.75) is 12.8 Å². The third kappa shape index (κ3) is 3.50. The minimum Gasteiger partial charge on any atom is -0.304 e. The SMILES string of the molecule is CN1CCN(CCCc2c(F)cccc2F)CC1. The molecule has 100 valence electrons. The normalized spacial score (nSPS) is 18.2. The van der Waals surface area contributed by atoms with Crippen molar-refractivity contribution in [1.29, 1.82) is 0 Å². The Hall–Kier alpha value is -1.00. The molecule has 1 aliphatic heterocycles. The van der Waals surface area contributed by atoms with Crippen LogP contribution in [-0.2, 0) is 6.42 Å². The van der Waals surface area contributed by atoms with E-state index in [9.17, 15) is 8.78 Å². The van der Waals surface area contributed by atoms with Crippen LogP contribution < -0.4 is 0 Å². The van der Waals surface area contributed by atoms with Crippen molar-refractivity contribution in [1.82, 2.24) is 9.80 Å². The molecule has 1 heterocycles. The summed E-state index contributed by atoms with van der Waals surface area (Å²) >= 11 is 0. The van der Waals surface area contributed by atoms with Gasteiger partial charge in [0.25, 0.3) is 0 Å². The molecule has 1 aromatic carbocycles. The highest BCUT2D eigenvalue weighted by molar-refractivity contribution is 5.19. The Labute approximate surface area is 107 Å². The number of piperazine rings is 1. The van der Waals surface area contributed by atoms with Crippen molar-refractivity contribution in [2.75, 3.05) is 39.8 Å². The fourth-order valence-corrected chi connectivity index (χ4v) is 2.32. The van der Waals surface area contributed by atoms with Crippen LogP contribution >= 0.6 is 0 Å². The highest BCUT2D eigenvalue weighted by atomic mass is 19.1. The molecule has 1 aliphatic rings. The van der Waals surface area contributed by atoms with Gasteiger partial charge in [-0.15, -0.1) is 0 Å². The van der Waals surface area contributed by atoms with Crippen molar-refractivity contribution in [3.05, 3.63) is 35.4 Å². The average molecular weight is 254 g/mol. The fourth-order valence-electron chi connectivity index (χ4n) is 2.32. The van der Waals surface area contributed by atoms with Gasteiger partial charge in [-0.1, -0.05) is 6.07 Å². The molecule has 1 saturated heterocycles. The molecule has 0 aromatic heterocycles. The first-order chi connectivity index (χ1) is 8.66. The molecule has 0 amide bonds. The maximum Gasteiger partial charge on any atom is 0.129 e. The maximum atomic E-state index is 13.4. The zero-order valence-electron chi connectivity index (χ0n) is 10.8. The van der Waals surface area contributed by atoms with Gasteiger partial charge in [0.05, 0.1) is 0 Å². The molecular formula is C14H20F2N2. The van der Waals surface area contributed by atoms with Crippen LogP contribution in [-0.4, -0.2) is 49.6 Å². The van der Waals surface area contributed by atoms with E-state index in [1.165, 1.54) is 18.2 Å². The highest BCUT2D eigenvalue weighted by Crippen LogP contribution is 2.14. The summed E-state index contributed by atoms with van der Waals surface area (Å²) < 4.78 is 26.8. The van der Waals surface area contributed by atoms with Crippen LogP contribution in [0.4, 0.5) is 8.78 Å². The van der Waals surface area contributed by atoms with Crippen molar-refractivity contribution in [3.8, 4) is 0 Å². The third-order valence-electron chi connectivity index (χ3n) is 3.56. The van der Waals surface area contributed by atoms with Crippen LogP contribution in [0.3, 0.4) is 0 Å². The van der Waals surface area contributed by atoms with E-state index in [0.29, 0.717) is 6.42 Å². The van der Waals surface area contributed by atoms with Crippen LogP contribution in [0.2, 0.25) is 0 Å². The van der Waals surface area contributed by atoms with Gasteiger partial charge in [-0.25, -0.2) is 8.78 Å². The van der Waals surface area contributed by atoms with Gasteiger partial charge in [0.15, 0.2) is 0 Å². The molecule has 0 N–H and O–H groups in total. The van der Waals surface area contributed by atoms with Crippen LogP contribution in [0, 0.1) is 11.6 Å². The summed E-state index contributed by atoms with van der Waals surface area (Å²) in [5.41, 5.74) is 0.228. The summed E-state index contributed by atoms with van der Waals surface area (Å²) in [5.74, 6) is -0.846. The van der Waals surface area contributed by atoms with Crippen molar-refractivity contribution in [3.63, 3.8) is 0 Å². The molecule has 0 unspecified atom stereocenters. The van der Waals surface area contributed by atoms with E-state index in [2.05, 4.69) is 16.8 Å². The number of likely N-dealkylation sites (N-methyl/N-ethyl adjacent to an activating group) is 1. The molecule has 2 rings (SSSR count). The first kappa shape index (κ1) is 13.4. The Morgan fingerprint density at radius 2 is 1.67 bits per heavy atom. The van der Waals surface area contributed by atoms with Crippen molar-refractivity contribution < 1.29 is 8.78 Å². The predicted molar refractivity (Wildman–Crippen MR) is 68.6 cm³/mol. The van der Waals surface area contributed by atoms with Crippen molar-refractivity contribution >= 4 is 0 Å². The van der Waals surface area contributed by atoms with Gasteiger partial charge in [-0.05, 0) is 38.6 Å². The standard InChI is InChI=1S/C14H20F2N2/c1-17-8-10-18(11-9-17)7-3-4-12-13(15)5-2-6-14(12)16/h2,5-6H,3-4,7-11H2,1H3. The quantitative estimate of drug-likeness (QED) is 0.812. The monoisotopic (exact) mass is 254 g/mol.